The minimum Gasteiger partial charge on any atom is -0.382 e. The summed E-state index contributed by atoms with van der Waals surface area (Å²) in [5.74, 6) is -0.312. The zero-order valence-corrected chi connectivity index (χ0v) is 13.0. The van der Waals surface area contributed by atoms with Gasteiger partial charge in [-0.15, -0.1) is 0 Å². The van der Waals surface area contributed by atoms with Crippen molar-refractivity contribution < 1.29 is 4.39 Å². The minimum atomic E-state index is -0.462. The van der Waals surface area contributed by atoms with Crippen LogP contribution in [0.5, 0.6) is 0 Å². The Hall–Kier alpha value is -2.84. The van der Waals surface area contributed by atoms with E-state index in [1.807, 2.05) is 19.1 Å². The van der Waals surface area contributed by atoms with Crippen molar-refractivity contribution in [3.63, 3.8) is 0 Å². The highest BCUT2D eigenvalue weighted by Crippen LogP contribution is 2.31. The van der Waals surface area contributed by atoms with Crippen LogP contribution in [-0.4, -0.2) is 9.78 Å². The molecule has 2 N–H and O–H groups in total. The Labute approximate surface area is 137 Å². The minimum absolute atomic E-state index is 0.134. The van der Waals surface area contributed by atoms with Crippen molar-refractivity contribution >= 4 is 17.4 Å². The summed E-state index contributed by atoms with van der Waals surface area (Å²) in [6, 6.07) is 13.4. The number of hydrogen-bond donors (Lipinski definition) is 1. The lowest BCUT2D eigenvalue weighted by molar-refractivity contribution is 0.630. The smallest absolute Gasteiger partial charge is 0.145 e. The molecule has 0 spiro atoms. The van der Waals surface area contributed by atoms with E-state index < -0.39 is 5.82 Å². The number of anilines is 1. The van der Waals surface area contributed by atoms with Crippen LogP contribution in [0.4, 0.5) is 10.2 Å². The zero-order chi connectivity index (χ0) is 16.6. The van der Waals surface area contributed by atoms with E-state index in [2.05, 4.69) is 5.10 Å². The molecular formula is C17H12ClFN4. The molecule has 23 heavy (non-hydrogen) atoms. The van der Waals surface area contributed by atoms with Crippen LogP contribution in [-0.2, 0) is 0 Å². The van der Waals surface area contributed by atoms with Crippen molar-refractivity contribution in [2.75, 3.05) is 5.73 Å². The second-order valence-electron chi connectivity index (χ2n) is 5.04. The number of halogens is 2. The fraction of sp³-hybridized carbons (Fsp3) is 0.0588. The van der Waals surface area contributed by atoms with Crippen molar-refractivity contribution in [3.8, 4) is 23.0 Å². The highest BCUT2D eigenvalue weighted by Gasteiger charge is 2.21. The topological polar surface area (TPSA) is 67.6 Å². The summed E-state index contributed by atoms with van der Waals surface area (Å²) in [7, 11) is 0. The molecule has 0 aliphatic heterocycles. The Balaban J connectivity index is 2.28. The molecule has 0 unspecified atom stereocenters. The first-order chi connectivity index (χ1) is 11.0. The summed E-state index contributed by atoms with van der Waals surface area (Å²) in [5.41, 5.74) is 8.17. The van der Waals surface area contributed by atoms with Crippen molar-refractivity contribution in [1.29, 1.82) is 5.26 Å². The molecule has 0 saturated heterocycles. The quantitative estimate of drug-likeness (QED) is 0.771. The molecular weight excluding hydrogens is 315 g/mol. The molecule has 6 heteroatoms. The molecule has 0 bridgehead atoms. The van der Waals surface area contributed by atoms with E-state index in [1.165, 1.54) is 10.7 Å². The molecule has 0 fully saturated rings. The van der Waals surface area contributed by atoms with E-state index in [4.69, 9.17) is 17.3 Å². The van der Waals surface area contributed by atoms with E-state index in [0.717, 1.165) is 5.56 Å². The van der Waals surface area contributed by atoms with Crippen molar-refractivity contribution in [1.82, 2.24) is 9.78 Å². The number of rotatable bonds is 2. The molecule has 114 valence electrons. The molecule has 0 atom stereocenters. The van der Waals surface area contributed by atoms with E-state index >= 15 is 0 Å². The number of nitriles is 1. The van der Waals surface area contributed by atoms with Crippen molar-refractivity contribution in [2.45, 2.75) is 6.92 Å². The summed E-state index contributed by atoms with van der Waals surface area (Å²) in [5, 5.41) is 14.3. The van der Waals surface area contributed by atoms with Gasteiger partial charge in [0.25, 0.3) is 0 Å². The summed E-state index contributed by atoms with van der Waals surface area (Å²) >= 11 is 6.03. The summed E-state index contributed by atoms with van der Waals surface area (Å²) in [6.45, 7) is 1.88. The lowest BCUT2D eigenvalue weighted by atomic mass is 10.1. The van der Waals surface area contributed by atoms with Gasteiger partial charge in [-0.3, -0.25) is 0 Å². The fourth-order valence-corrected chi connectivity index (χ4v) is 2.54. The van der Waals surface area contributed by atoms with Crippen LogP contribution in [0.1, 0.15) is 11.1 Å². The maximum Gasteiger partial charge on any atom is 0.145 e. The Morgan fingerprint density at radius 1 is 1.26 bits per heavy atom. The van der Waals surface area contributed by atoms with Gasteiger partial charge in [0.15, 0.2) is 0 Å². The molecule has 0 aliphatic carbocycles. The maximum absolute atomic E-state index is 14.1. The molecule has 1 aromatic heterocycles. The van der Waals surface area contributed by atoms with Crippen molar-refractivity contribution in [3.05, 3.63) is 64.4 Å². The van der Waals surface area contributed by atoms with Gasteiger partial charge in [-0.05, 0) is 36.8 Å². The second-order valence-corrected chi connectivity index (χ2v) is 5.48. The number of nitrogen functional groups attached to an aromatic ring is 1. The molecule has 0 saturated carbocycles. The number of aromatic nitrogens is 2. The van der Waals surface area contributed by atoms with Gasteiger partial charge in [0.2, 0.25) is 0 Å². The van der Waals surface area contributed by atoms with Gasteiger partial charge < -0.3 is 5.73 Å². The van der Waals surface area contributed by atoms with E-state index in [1.54, 1.807) is 30.3 Å². The van der Waals surface area contributed by atoms with E-state index in [9.17, 15) is 9.65 Å². The first-order valence-corrected chi connectivity index (χ1v) is 7.20. The van der Waals surface area contributed by atoms with Gasteiger partial charge in [-0.1, -0.05) is 29.8 Å². The third-order valence-electron chi connectivity index (χ3n) is 3.56. The van der Waals surface area contributed by atoms with Crippen LogP contribution in [0.15, 0.2) is 42.5 Å². The molecule has 0 amide bonds. The fourth-order valence-electron chi connectivity index (χ4n) is 2.38. The average molecular weight is 327 g/mol. The molecule has 3 rings (SSSR count). The summed E-state index contributed by atoms with van der Waals surface area (Å²) in [4.78, 5) is 0. The third-order valence-corrected chi connectivity index (χ3v) is 3.80. The predicted octanol–water partition coefficient (Wildman–Crippen LogP) is 4.09. The predicted molar refractivity (Wildman–Crippen MR) is 87.8 cm³/mol. The Kier molecular flexibility index (Phi) is 3.77. The summed E-state index contributed by atoms with van der Waals surface area (Å²) < 4.78 is 15.5. The van der Waals surface area contributed by atoms with Gasteiger partial charge in [0.1, 0.15) is 29.0 Å². The average Bonchev–Trinajstić information content (AvgIpc) is 2.86. The van der Waals surface area contributed by atoms with Crippen LogP contribution in [0.25, 0.3) is 16.9 Å². The van der Waals surface area contributed by atoms with Crippen LogP contribution in [0.2, 0.25) is 5.02 Å². The maximum atomic E-state index is 14.1. The molecule has 0 radical (unpaired) electrons. The molecule has 2 aromatic carbocycles. The van der Waals surface area contributed by atoms with Gasteiger partial charge in [0, 0.05) is 10.6 Å². The number of aryl methyl sites for hydroxylation is 1. The highest BCUT2D eigenvalue weighted by molar-refractivity contribution is 6.30. The Morgan fingerprint density at radius 3 is 2.70 bits per heavy atom. The van der Waals surface area contributed by atoms with Crippen molar-refractivity contribution in [2.24, 2.45) is 0 Å². The van der Waals surface area contributed by atoms with Crippen LogP contribution in [0, 0.1) is 24.1 Å². The first kappa shape index (κ1) is 15.1. The SMILES string of the molecule is Cc1ccc(Cl)cc1-n1nc(-c2ccccc2F)c(C#N)c1N. The number of benzene rings is 2. The lowest BCUT2D eigenvalue weighted by Gasteiger charge is -2.08. The lowest BCUT2D eigenvalue weighted by Crippen LogP contribution is -2.04. The number of hydrogen-bond acceptors (Lipinski definition) is 3. The van der Waals surface area contributed by atoms with E-state index in [-0.39, 0.29) is 22.6 Å². The first-order valence-electron chi connectivity index (χ1n) is 6.83. The van der Waals surface area contributed by atoms with Gasteiger partial charge >= 0.3 is 0 Å². The largest absolute Gasteiger partial charge is 0.382 e. The standard InChI is InChI=1S/C17H12ClFN4/c1-10-6-7-11(18)8-15(10)23-17(21)13(9-20)16(22-23)12-4-2-3-5-14(12)19/h2-8H,21H2,1H3. The van der Waals surface area contributed by atoms with Crippen LogP contribution < -0.4 is 5.73 Å². The Morgan fingerprint density at radius 2 is 2.00 bits per heavy atom. The van der Waals surface area contributed by atoms with Crippen LogP contribution >= 0.6 is 11.6 Å². The zero-order valence-electron chi connectivity index (χ0n) is 12.2. The normalized spacial score (nSPS) is 10.5. The van der Waals surface area contributed by atoms with Gasteiger partial charge in [-0.2, -0.15) is 10.4 Å². The summed E-state index contributed by atoms with van der Waals surface area (Å²) in [6.07, 6.45) is 0. The molecule has 0 aliphatic rings. The van der Waals surface area contributed by atoms with Gasteiger partial charge in [0.05, 0.1) is 5.69 Å². The number of nitrogens with zero attached hydrogens (tertiary/aromatic N) is 3. The second kappa shape index (κ2) is 5.75. The molecule has 1 heterocycles. The number of nitrogens with two attached hydrogens (primary N) is 1. The third kappa shape index (κ3) is 2.54. The van der Waals surface area contributed by atoms with Gasteiger partial charge in [-0.25, -0.2) is 9.07 Å². The van der Waals surface area contributed by atoms with Crippen LogP contribution in [0.3, 0.4) is 0 Å². The monoisotopic (exact) mass is 326 g/mol. The highest BCUT2D eigenvalue weighted by atomic mass is 35.5. The Bertz CT molecular complexity index is 940. The van der Waals surface area contributed by atoms with E-state index in [0.29, 0.717) is 10.7 Å². The molecule has 3 aromatic rings. The molecule has 4 nitrogen and oxygen atoms in total.